The first kappa shape index (κ1) is 19.9. The smallest absolute Gasteiger partial charge is 0.225 e. The Labute approximate surface area is 170 Å². The van der Waals surface area contributed by atoms with Crippen molar-refractivity contribution in [2.75, 3.05) is 5.32 Å². The van der Waals surface area contributed by atoms with Gasteiger partial charge in [0, 0.05) is 12.3 Å². The molecule has 1 heterocycles. The van der Waals surface area contributed by atoms with Crippen molar-refractivity contribution in [3.8, 4) is 6.07 Å². The highest BCUT2D eigenvalue weighted by atomic mass is 32.1. The number of nitriles is 1. The minimum Gasteiger partial charge on any atom is -0.317 e. The Morgan fingerprint density at radius 2 is 1.57 bits per heavy atom. The minimum atomic E-state index is -0.138. The lowest BCUT2D eigenvalue weighted by atomic mass is 9.86. The average Bonchev–Trinajstić information content (AvgIpc) is 3.10. The van der Waals surface area contributed by atoms with Gasteiger partial charge in [-0.05, 0) is 27.5 Å². The molecule has 0 unspecified atom stereocenters. The molecule has 0 aliphatic carbocycles. The average molecular weight is 389 g/mol. The number of hydrogen-bond acceptors (Lipinski definition) is 3. The van der Waals surface area contributed by atoms with E-state index < -0.39 is 0 Å². The molecule has 0 saturated heterocycles. The van der Waals surface area contributed by atoms with Crippen LogP contribution in [0, 0.1) is 11.3 Å². The lowest BCUT2D eigenvalue weighted by Gasteiger charge is -2.18. The maximum Gasteiger partial charge on any atom is 0.225 e. The third kappa shape index (κ3) is 4.49. The summed E-state index contributed by atoms with van der Waals surface area (Å²) in [5.41, 5.74) is 3.61. The fraction of sp³-hybridized carbons (Fsp3) is 0.250. The van der Waals surface area contributed by atoms with Crippen molar-refractivity contribution >= 4 is 22.2 Å². The highest BCUT2D eigenvalue weighted by molar-refractivity contribution is 7.14. The summed E-state index contributed by atoms with van der Waals surface area (Å²) in [5, 5.41) is 15.2. The van der Waals surface area contributed by atoms with Crippen molar-refractivity contribution in [2.45, 2.75) is 38.5 Å². The second kappa shape index (κ2) is 8.41. The van der Waals surface area contributed by atoms with Gasteiger partial charge in [0.2, 0.25) is 5.91 Å². The molecular weight excluding hydrogens is 364 g/mol. The van der Waals surface area contributed by atoms with E-state index in [1.807, 2.05) is 41.8 Å². The third-order valence-electron chi connectivity index (χ3n) is 4.76. The Bertz CT molecular complexity index is 939. The lowest BCUT2D eigenvalue weighted by molar-refractivity contribution is -0.116. The molecule has 0 aliphatic heterocycles. The first-order valence-corrected chi connectivity index (χ1v) is 10.2. The first-order valence-electron chi connectivity index (χ1n) is 9.32. The molecule has 0 radical (unpaired) electrons. The normalized spacial score (nSPS) is 11.2. The summed E-state index contributed by atoms with van der Waals surface area (Å²) in [6, 6.07) is 22.4. The van der Waals surface area contributed by atoms with E-state index in [2.05, 4.69) is 56.4 Å². The van der Waals surface area contributed by atoms with Crippen LogP contribution in [-0.4, -0.2) is 5.91 Å². The maximum atomic E-state index is 12.9. The number of nitrogens with zero attached hydrogens (tertiary/aromatic N) is 1. The van der Waals surface area contributed by atoms with Gasteiger partial charge in [-0.2, -0.15) is 5.26 Å². The molecule has 1 aromatic heterocycles. The van der Waals surface area contributed by atoms with E-state index in [0.717, 1.165) is 16.7 Å². The number of rotatable bonds is 5. The van der Waals surface area contributed by atoms with Crippen molar-refractivity contribution in [1.29, 1.82) is 5.26 Å². The van der Waals surface area contributed by atoms with Crippen LogP contribution in [0.3, 0.4) is 0 Å². The van der Waals surface area contributed by atoms with Gasteiger partial charge in [0.1, 0.15) is 11.1 Å². The number of nitrogens with one attached hydrogen (secondary N) is 1. The summed E-state index contributed by atoms with van der Waals surface area (Å²) in [4.78, 5) is 12.9. The van der Waals surface area contributed by atoms with Crippen LogP contribution < -0.4 is 5.32 Å². The van der Waals surface area contributed by atoms with Gasteiger partial charge in [0.15, 0.2) is 0 Å². The summed E-state index contributed by atoms with van der Waals surface area (Å²) in [5.74, 6) is -0.119. The fourth-order valence-electron chi connectivity index (χ4n) is 3.27. The third-order valence-corrected chi connectivity index (χ3v) is 5.65. The second-order valence-electron chi connectivity index (χ2n) is 7.84. The Morgan fingerprint density at radius 3 is 2.04 bits per heavy atom. The minimum absolute atomic E-state index is 0.0324. The van der Waals surface area contributed by atoms with Gasteiger partial charge in [-0.1, -0.05) is 81.4 Å². The lowest BCUT2D eigenvalue weighted by Crippen LogP contribution is -2.17. The maximum absolute atomic E-state index is 12.9. The Hall–Kier alpha value is -2.90. The topological polar surface area (TPSA) is 52.9 Å². The molecule has 3 aromatic rings. The Morgan fingerprint density at radius 1 is 1.04 bits per heavy atom. The summed E-state index contributed by atoms with van der Waals surface area (Å²) in [6.45, 7) is 6.22. The Balaban J connectivity index is 1.84. The van der Waals surface area contributed by atoms with Crippen LogP contribution in [0.2, 0.25) is 0 Å². The number of anilines is 1. The summed E-state index contributed by atoms with van der Waals surface area (Å²) >= 11 is 1.42. The van der Waals surface area contributed by atoms with Gasteiger partial charge >= 0.3 is 0 Å². The number of carbonyl (C=O) groups is 1. The largest absolute Gasteiger partial charge is 0.317 e. The quantitative estimate of drug-likeness (QED) is 0.576. The number of thiophene rings is 1. The molecule has 0 bridgehead atoms. The summed E-state index contributed by atoms with van der Waals surface area (Å²) < 4.78 is 0. The van der Waals surface area contributed by atoms with Crippen molar-refractivity contribution in [2.24, 2.45) is 0 Å². The van der Waals surface area contributed by atoms with Crippen molar-refractivity contribution in [1.82, 2.24) is 0 Å². The zero-order chi connectivity index (χ0) is 20.1. The van der Waals surface area contributed by atoms with Crippen LogP contribution in [0.5, 0.6) is 0 Å². The molecule has 3 nitrogen and oxygen atoms in total. The van der Waals surface area contributed by atoms with Crippen LogP contribution in [0.1, 0.15) is 55.4 Å². The van der Waals surface area contributed by atoms with E-state index in [-0.39, 0.29) is 17.2 Å². The van der Waals surface area contributed by atoms with Gasteiger partial charge < -0.3 is 5.32 Å². The monoisotopic (exact) mass is 388 g/mol. The number of benzene rings is 2. The SMILES string of the molecule is CC(C)(C)c1csc(NC(=O)CC(c2ccccc2)c2ccccc2)c1C#N. The zero-order valence-electron chi connectivity index (χ0n) is 16.4. The highest BCUT2D eigenvalue weighted by Gasteiger charge is 2.24. The van der Waals surface area contributed by atoms with Crippen LogP contribution in [0.4, 0.5) is 5.00 Å². The van der Waals surface area contributed by atoms with E-state index in [9.17, 15) is 10.1 Å². The van der Waals surface area contributed by atoms with Gasteiger partial charge in [-0.3, -0.25) is 4.79 Å². The molecule has 1 amide bonds. The van der Waals surface area contributed by atoms with E-state index in [4.69, 9.17) is 0 Å². The molecule has 0 spiro atoms. The van der Waals surface area contributed by atoms with Crippen molar-refractivity contribution in [3.05, 3.63) is 88.3 Å². The van der Waals surface area contributed by atoms with Crippen molar-refractivity contribution < 1.29 is 4.79 Å². The van der Waals surface area contributed by atoms with Gasteiger partial charge in [0.25, 0.3) is 0 Å². The van der Waals surface area contributed by atoms with Crippen LogP contribution in [0.25, 0.3) is 0 Å². The standard InChI is InChI=1S/C24H24N2OS/c1-24(2,3)21-16-28-23(20(21)15-25)26-22(27)14-19(17-10-6-4-7-11-17)18-12-8-5-9-13-18/h4-13,16,19H,14H2,1-3H3,(H,26,27). The highest BCUT2D eigenvalue weighted by Crippen LogP contribution is 2.36. The van der Waals surface area contributed by atoms with E-state index in [0.29, 0.717) is 17.0 Å². The van der Waals surface area contributed by atoms with E-state index >= 15 is 0 Å². The molecule has 0 atom stereocenters. The fourth-order valence-corrected chi connectivity index (χ4v) is 4.43. The molecule has 0 fully saturated rings. The second-order valence-corrected chi connectivity index (χ2v) is 8.72. The molecule has 0 aliphatic rings. The van der Waals surface area contributed by atoms with Crippen LogP contribution >= 0.6 is 11.3 Å². The van der Waals surface area contributed by atoms with Crippen LogP contribution in [0.15, 0.2) is 66.0 Å². The molecule has 1 N–H and O–H groups in total. The molecule has 0 saturated carbocycles. The Kier molecular flexibility index (Phi) is 5.96. The summed E-state index contributed by atoms with van der Waals surface area (Å²) in [7, 11) is 0. The molecule has 2 aromatic carbocycles. The molecule has 3 rings (SSSR count). The zero-order valence-corrected chi connectivity index (χ0v) is 17.2. The predicted molar refractivity (Wildman–Crippen MR) is 116 cm³/mol. The predicted octanol–water partition coefficient (Wildman–Crippen LogP) is 6.08. The first-order chi connectivity index (χ1) is 13.4. The van der Waals surface area contributed by atoms with E-state index in [1.165, 1.54) is 11.3 Å². The molecular formula is C24H24N2OS. The van der Waals surface area contributed by atoms with Crippen LogP contribution in [-0.2, 0) is 10.2 Å². The summed E-state index contributed by atoms with van der Waals surface area (Å²) in [6.07, 6.45) is 0.321. The number of amides is 1. The van der Waals surface area contributed by atoms with Crippen molar-refractivity contribution in [3.63, 3.8) is 0 Å². The van der Waals surface area contributed by atoms with E-state index in [1.54, 1.807) is 0 Å². The molecule has 142 valence electrons. The number of carbonyl (C=O) groups excluding carboxylic acids is 1. The van der Waals surface area contributed by atoms with Gasteiger partial charge in [-0.15, -0.1) is 11.3 Å². The molecule has 4 heteroatoms. The van der Waals surface area contributed by atoms with Gasteiger partial charge in [0.05, 0.1) is 5.56 Å². The van der Waals surface area contributed by atoms with Gasteiger partial charge in [-0.25, -0.2) is 0 Å². The molecule has 28 heavy (non-hydrogen) atoms. The number of hydrogen-bond donors (Lipinski definition) is 1.